The lowest BCUT2D eigenvalue weighted by atomic mass is 9.71. The van der Waals surface area contributed by atoms with Gasteiger partial charge in [0.15, 0.2) is 5.78 Å². The summed E-state index contributed by atoms with van der Waals surface area (Å²) >= 11 is 1.84. The van der Waals surface area contributed by atoms with Crippen molar-refractivity contribution in [3.63, 3.8) is 0 Å². The Hall–Kier alpha value is -0.0600. The van der Waals surface area contributed by atoms with E-state index in [-0.39, 0.29) is 17.6 Å². The van der Waals surface area contributed by atoms with Crippen molar-refractivity contribution in [1.82, 2.24) is 0 Å². The van der Waals surface area contributed by atoms with Crippen LogP contribution in [-0.2, 0) is 14.3 Å². The van der Waals surface area contributed by atoms with Gasteiger partial charge in [-0.15, -0.1) is 0 Å². The van der Waals surface area contributed by atoms with Crippen LogP contribution in [0.15, 0.2) is 0 Å². The van der Waals surface area contributed by atoms with Gasteiger partial charge < -0.3 is 9.47 Å². The third-order valence-corrected chi connectivity index (χ3v) is 5.29. The number of carbonyl (C=O) groups is 1. The van der Waals surface area contributed by atoms with Crippen LogP contribution in [0.1, 0.15) is 32.1 Å². The summed E-state index contributed by atoms with van der Waals surface area (Å²) < 4.78 is 11.5. The zero-order valence-corrected chi connectivity index (χ0v) is 11.0. The van der Waals surface area contributed by atoms with Gasteiger partial charge in [0.05, 0.1) is 12.2 Å². The Morgan fingerprint density at radius 1 is 1.29 bits per heavy atom. The Morgan fingerprint density at radius 2 is 2.18 bits per heavy atom. The highest BCUT2D eigenvalue weighted by molar-refractivity contribution is 7.99. The van der Waals surface area contributed by atoms with Crippen molar-refractivity contribution >= 4 is 17.5 Å². The van der Waals surface area contributed by atoms with Crippen LogP contribution >= 0.6 is 11.8 Å². The predicted molar refractivity (Wildman–Crippen MR) is 67.3 cm³/mol. The van der Waals surface area contributed by atoms with E-state index in [1.165, 1.54) is 6.42 Å². The van der Waals surface area contributed by atoms with E-state index >= 15 is 0 Å². The van der Waals surface area contributed by atoms with Crippen LogP contribution in [-0.4, -0.2) is 42.2 Å². The summed E-state index contributed by atoms with van der Waals surface area (Å²) in [5, 5.41) is 0. The number of rotatable bonds is 2. The predicted octanol–water partition coefficient (Wildman–Crippen LogP) is 2.04. The minimum atomic E-state index is -0.144. The molecule has 3 nitrogen and oxygen atoms in total. The lowest BCUT2D eigenvalue weighted by molar-refractivity contribution is -0.161. The summed E-state index contributed by atoms with van der Waals surface area (Å²) in [5.74, 6) is 2.41. The lowest BCUT2D eigenvalue weighted by Crippen LogP contribution is -2.49. The highest BCUT2D eigenvalue weighted by Crippen LogP contribution is 2.44. The number of hydrogen-bond donors (Lipinski definition) is 0. The second kappa shape index (κ2) is 4.90. The van der Waals surface area contributed by atoms with Crippen LogP contribution in [0.2, 0.25) is 0 Å². The number of ketones is 1. The highest BCUT2D eigenvalue weighted by atomic mass is 32.2. The molecule has 2 heterocycles. The van der Waals surface area contributed by atoms with Gasteiger partial charge in [0.1, 0.15) is 6.10 Å². The molecule has 1 aliphatic carbocycles. The first-order valence-electron chi connectivity index (χ1n) is 6.66. The van der Waals surface area contributed by atoms with Gasteiger partial charge in [-0.25, -0.2) is 0 Å². The third kappa shape index (κ3) is 2.40. The molecule has 96 valence electrons. The Labute approximate surface area is 107 Å². The Morgan fingerprint density at radius 3 is 2.82 bits per heavy atom. The monoisotopic (exact) mass is 256 g/mol. The van der Waals surface area contributed by atoms with E-state index in [1.807, 2.05) is 11.8 Å². The number of hydrogen-bond acceptors (Lipinski definition) is 4. The first-order valence-corrected chi connectivity index (χ1v) is 7.82. The first kappa shape index (κ1) is 12.0. The molecule has 0 amide bonds. The Balaban J connectivity index is 1.60. The fourth-order valence-electron chi connectivity index (χ4n) is 3.11. The third-order valence-electron chi connectivity index (χ3n) is 4.29. The molecule has 2 atom stereocenters. The molecule has 1 saturated carbocycles. The molecule has 0 aromatic heterocycles. The largest absolute Gasteiger partial charge is 0.375 e. The minimum absolute atomic E-state index is 0.0698. The summed E-state index contributed by atoms with van der Waals surface area (Å²) in [6.07, 6.45) is 5.25. The number of ether oxygens (including phenoxy) is 2. The van der Waals surface area contributed by atoms with Gasteiger partial charge in [-0.1, -0.05) is 0 Å². The molecule has 2 unspecified atom stereocenters. The summed E-state index contributed by atoms with van der Waals surface area (Å²) in [5.41, 5.74) is 0.0698. The van der Waals surface area contributed by atoms with Crippen LogP contribution in [0.3, 0.4) is 0 Å². The van der Waals surface area contributed by atoms with Crippen molar-refractivity contribution in [3.05, 3.63) is 0 Å². The lowest BCUT2D eigenvalue weighted by Gasteiger charge is -2.47. The molecule has 0 bridgehead atoms. The van der Waals surface area contributed by atoms with Crippen LogP contribution in [0.25, 0.3) is 0 Å². The molecule has 0 radical (unpaired) electrons. The fraction of sp³-hybridized carbons (Fsp3) is 0.923. The molecule has 1 spiro atoms. The van der Waals surface area contributed by atoms with Gasteiger partial charge in [-0.3, -0.25) is 4.79 Å². The van der Waals surface area contributed by atoms with Gasteiger partial charge in [-0.05, 0) is 32.1 Å². The molecule has 3 aliphatic rings. The van der Waals surface area contributed by atoms with Crippen LogP contribution in [0, 0.1) is 5.92 Å². The van der Waals surface area contributed by atoms with Crippen LogP contribution in [0.4, 0.5) is 0 Å². The number of carbonyl (C=O) groups excluding carboxylic acids is 1. The van der Waals surface area contributed by atoms with E-state index in [1.54, 1.807) is 0 Å². The van der Waals surface area contributed by atoms with Crippen molar-refractivity contribution in [2.45, 2.75) is 43.8 Å². The SMILES string of the molecule is O=C(C1CCOC2(CCC2)C1)C1CSCCO1. The van der Waals surface area contributed by atoms with E-state index in [4.69, 9.17) is 9.47 Å². The van der Waals surface area contributed by atoms with Crippen LogP contribution < -0.4 is 0 Å². The molecular formula is C13H20O3S. The van der Waals surface area contributed by atoms with Crippen molar-refractivity contribution in [3.8, 4) is 0 Å². The average Bonchev–Trinajstić information content (AvgIpc) is 2.37. The zero-order chi connectivity index (χ0) is 11.7. The molecular weight excluding hydrogens is 236 g/mol. The van der Waals surface area contributed by atoms with Gasteiger partial charge in [0.2, 0.25) is 0 Å². The van der Waals surface area contributed by atoms with Gasteiger partial charge in [0, 0.05) is 24.0 Å². The molecule has 3 rings (SSSR count). The Bertz CT molecular complexity index is 295. The average molecular weight is 256 g/mol. The summed E-state index contributed by atoms with van der Waals surface area (Å²) in [7, 11) is 0. The molecule has 17 heavy (non-hydrogen) atoms. The molecule has 4 heteroatoms. The van der Waals surface area contributed by atoms with E-state index in [9.17, 15) is 4.79 Å². The molecule has 3 fully saturated rings. The number of Topliss-reactive ketones (excluding diaryl/α,β-unsaturated/α-hetero) is 1. The maximum Gasteiger partial charge on any atom is 0.165 e. The molecule has 2 saturated heterocycles. The smallest absolute Gasteiger partial charge is 0.165 e. The number of thioether (sulfide) groups is 1. The van der Waals surface area contributed by atoms with E-state index < -0.39 is 0 Å². The summed E-state index contributed by atoms with van der Waals surface area (Å²) in [4.78, 5) is 12.4. The topological polar surface area (TPSA) is 35.5 Å². The minimum Gasteiger partial charge on any atom is -0.375 e. The zero-order valence-electron chi connectivity index (χ0n) is 10.2. The maximum absolute atomic E-state index is 12.4. The van der Waals surface area contributed by atoms with Gasteiger partial charge in [-0.2, -0.15) is 11.8 Å². The van der Waals surface area contributed by atoms with Crippen molar-refractivity contribution < 1.29 is 14.3 Å². The first-order chi connectivity index (χ1) is 8.29. The quantitative estimate of drug-likeness (QED) is 0.757. The maximum atomic E-state index is 12.4. The molecule has 2 aliphatic heterocycles. The second-order valence-electron chi connectivity index (χ2n) is 5.41. The normalized spacial score (nSPS) is 36.5. The van der Waals surface area contributed by atoms with Crippen LogP contribution in [0.5, 0.6) is 0 Å². The van der Waals surface area contributed by atoms with Crippen molar-refractivity contribution in [1.29, 1.82) is 0 Å². The van der Waals surface area contributed by atoms with E-state index in [0.717, 1.165) is 50.4 Å². The molecule has 0 aromatic carbocycles. The molecule has 0 N–H and O–H groups in total. The summed E-state index contributed by atoms with van der Waals surface area (Å²) in [6, 6.07) is 0. The van der Waals surface area contributed by atoms with Gasteiger partial charge >= 0.3 is 0 Å². The van der Waals surface area contributed by atoms with Crippen molar-refractivity contribution in [2.75, 3.05) is 24.7 Å². The Kier molecular flexibility index (Phi) is 3.46. The second-order valence-corrected chi connectivity index (χ2v) is 6.56. The van der Waals surface area contributed by atoms with E-state index in [0.29, 0.717) is 5.78 Å². The summed E-state index contributed by atoms with van der Waals surface area (Å²) in [6.45, 7) is 1.49. The van der Waals surface area contributed by atoms with E-state index in [2.05, 4.69) is 0 Å². The highest BCUT2D eigenvalue weighted by Gasteiger charge is 2.45. The fourth-order valence-corrected chi connectivity index (χ4v) is 3.96. The standard InChI is InChI=1S/C13H20O3S/c14-12(11-9-17-7-6-15-11)10-2-5-16-13(8-10)3-1-4-13/h10-11H,1-9H2. The molecule has 0 aromatic rings. The van der Waals surface area contributed by atoms with Crippen molar-refractivity contribution in [2.24, 2.45) is 5.92 Å². The van der Waals surface area contributed by atoms with Gasteiger partial charge in [0.25, 0.3) is 0 Å².